The van der Waals surface area contributed by atoms with Crippen LogP contribution in [0.15, 0.2) is 46.9 Å². The maximum Gasteiger partial charge on any atom is 0.323 e. The van der Waals surface area contributed by atoms with Gasteiger partial charge in [0.2, 0.25) is 0 Å². The summed E-state index contributed by atoms with van der Waals surface area (Å²) < 4.78 is 0.852. The molecule has 2 amide bonds. The minimum atomic E-state index is -0.253. The third-order valence-corrected chi connectivity index (χ3v) is 3.29. The van der Waals surface area contributed by atoms with Gasteiger partial charge in [-0.3, -0.25) is 0 Å². The Morgan fingerprint density at radius 2 is 1.63 bits per heavy atom. The highest BCUT2D eigenvalue weighted by atomic mass is 79.9. The fourth-order valence-corrected chi connectivity index (χ4v) is 2.28. The van der Waals surface area contributed by atoms with Crippen LogP contribution in [0.2, 0.25) is 0 Å². The number of aryl methyl sites for hydroxylation is 2. The van der Waals surface area contributed by atoms with Gasteiger partial charge in [0.15, 0.2) is 0 Å². The number of halogens is 1. The summed E-state index contributed by atoms with van der Waals surface area (Å²) in [5.74, 6) is 0. The zero-order valence-corrected chi connectivity index (χ0v) is 12.4. The van der Waals surface area contributed by atoms with Gasteiger partial charge in [-0.15, -0.1) is 0 Å². The number of amides is 2. The summed E-state index contributed by atoms with van der Waals surface area (Å²) in [6.45, 7) is 4.01. The number of nitrogens with one attached hydrogen (secondary N) is 2. The maximum absolute atomic E-state index is 11.9. The Hall–Kier alpha value is -1.81. The molecule has 0 aliphatic heterocycles. The predicted octanol–water partition coefficient (Wildman–Crippen LogP) is 4.71. The quantitative estimate of drug-likeness (QED) is 0.827. The standard InChI is InChI=1S/C15H15BrN2O/c1-10-7-11(2)9-12(8-10)17-15(19)18-14-6-4-3-5-13(14)16/h3-9H,1-2H3,(H2,17,18,19). The second kappa shape index (κ2) is 5.89. The van der Waals surface area contributed by atoms with E-state index < -0.39 is 0 Å². The summed E-state index contributed by atoms with van der Waals surface area (Å²) >= 11 is 3.39. The molecule has 98 valence electrons. The van der Waals surface area contributed by atoms with Crippen LogP contribution in [-0.2, 0) is 0 Å². The summed E-state index contributed by atoms with van der Waals surface area (Å²) in [6, 6.07) is 13.2. The van der Waals surface area contributed by atoms with Crippen LogP contribution in [0.3, 0.4) is 0 Å². The molecule has 0 aliphatic carbocycles. The van der Waals surface area contributed by atoms with E-state index in [1.54, 1.807) is 0 Å². The van der Waals surface area contributed by atoms with Gasteiger partial charge in [0.05, 0.1) is 5.69 Å². The number of carbonyl (C=O) groups excluding carboxylic acids is 1. The monoisotopic (exact) mass is 318 g/mol. The predicted molar refractivity (Wildman–Crippen MR) is 82.7 cm³/mol. The molecule has 0 aromatic heterocycles. The number of hydrogen-bond donors (Lipinski definition) is 2. The molecule has 0 spiro atoms. The number of anilines is 2. The number of carbonyl (C=O) groups is 1. The van der Waals surface area contributed by atoms with Crippen LogP contribution in [0.25, 0.3) is 0 Å². The third-order valence-electron chi connectivity index (χ3n) is 2.60. The molecule has 2 aromatic rings. The van der Waals surface area contributed by atoms with Crippen LogP contribution in [0.5, 0.6) is 0 Å². The molecular weight excluding hydrogens is 304 g/mol. The van der Waals surface area contributed by atoms with Crippen molar-refractivity contribution in [1.82, 2.24) is 0 Å². The Morgan fingerprint density at radius 1 is 1.00 bits per heavy atom. The summed E-state index contributed by atoms with van der Waals surface area (Å²) in [5, 5.41) is 5.63. The van der Waals surface area contributed by atoms with Crippen LogP contribution in [0.1, 0.15) is 11.1 Å². The van der Waals surface area contributed by atoms with E-state index in [2.05, 4.69) is 32.6 Å². The minimum Gasteiger partial charge on any atom is -0.308 e. The van der Waals surface area contributed by atoms with Gasteiger partial charge in [-0.1, -0.05) is 18.2 Å². The molecule has 0 saturated heterocycles. The largest absolute Gasteiger partial charge is 0.323 e. The maximum atomic E-state index is 11.9. The molecule has 4 heteroatoms. The number of benzene rings is 2. The highest BCUT2D eigenvalue weighted by Gasteiger charge is 2.05. The Morgan fingerprint density at radius 3 is 2.26 bits per heavy atom. The molecular formula is C15H15BrN2O. The van der Waals surface area contributed by atoms with Gasteiger partial charge in [-0.2, -0.15) is 0 Å². The number of urea groups is 1. The van der Waals surface area contributed by atoms with E-state index in [9.17, 15) is 4.79 Å². The van der Waals surface area contributed by atoms with Gasteiger partial charge in [0.1, 0.15) is 0 Å². The molecule has 0 radical (unpaired) electrons. The van der Waals surface area contributed by atoms with Crippen molar-refractivity contribution in [2.45, 2.75) is 13.8 Å². The van der Waals surface area contributed by atoms with Crippen LogP contribution < -0.4 is 10.6 Å². The molecule has 3 nitrogen and oxygen atoms in total. The first kappa shape index (κ1) is 13.6. The van der Waals surface area contributed by atoms with Gasteiger partial charge < -0.3 is 10.6 Å². The zero-order chi connectivity index (χ0) is 13.8. The molecule has 0 aliphatic rings. The van der Waals surface area contributed by atoms with Crippen LogP contribution in [0.4, 0.5) is 16.2 Å². The van der Waals surface area contributed by atoms with E-state index >= 15 is 0 Å². The second-order valence-corrected chi connectivity index (χ2v) is 5.29. The molecule has 2 N–H and O–H groups in total. The SMILES string of the molecule is Cc1cc(C)cc(NC(=O)Nc2ccccc2Br)c1. The topological polar surface area (TPSA) is 41.1 Å². The lowest BCUT2D eigenvalue weighted by Gasteiger charge is -2.10. The molecule has 19 heavy (non-hydrogen) atoms. The van der Waals surface area contributed by atoms with Crippen molar-refractivity contribution in [3.63, 3.8) is 0 Å². The van der Waals surface area contributed by atoms with E-state index in [0.29, 0.717) is 0 Å². The van der Waals surface area contributed by atoms with Crippen molar-refractivity contribution >= 4 is 33.3 Å². The lowest BCUT2D eigenvalue weighted by Crippen LogP contribution is -2.19. The molecule has 2 aromatic carbocycles. The van der Waals surface area contributed by atoms with Gasteiger partial charge in [-0.05, 0) is 65.2 Å². The molecule has 0 heterocycles. The van der Waals surface area contributed by atoms with Crippen molar-refractivity contribution < 1.29 is 4.79 Å². The zero-order valence-electron chi connectivity index (χ0n) is 10.8. The lowest BCUT2D eigenvalue weighted by molar-refractivity contribution is 0.262. The average molecular weight is 319 g/mol. The van der Waals surface area contributed by atoms with Gasteiger partial charge in [0.25, 0.3) is 0 Å². The normalized spacial score (nSPS) is 10.1. The summed E-state index contributed by atoms with van der Waals surface area (Å²) in [7, 11) is 0. The Kier molecular flexibility index (Phi) is 4.22. The van der Waals surface area contributed by atoms with Crippen molar-refractivity contribution in [2.24, 2.45) is 0 Å². The Bertz CT molecular complexity index is 591. The van der Waals surface area contributed by atoms with Crippen molar-refractivity contribution in [2.75, 3.05) is 10.6 Å². The highest BCUT2D eigenvalue weighted by molar-refractivity contribution is 9.10. The fraction of sp³-hybridized carbons (Fsp3) is 0.133. The lowest BCUT2D eigenvalue weighted by atomic mass is 10.1. The highest BCUT2D eigenvalue weighted by Crippen LogP contribution is 2.21. The molecule has 0 unspecified atom stereocenters. The molecule has 0 saturated carbocycles. The van der Waals surface area contributed by atoms with E-state index in [-0.39, 0.29) is 6.03 Å². The van der Waals surface area contributed by atoms with Gasteiger partial charge in [-0.25, -0.2) is 4.79 Å². The Balaban J connectivity index is 2.07. The number of para-hydroxylation sites is 1. The molecule has 0 bridgehead atoms. The van der Waals surface area contributed by atoms with Gasteiger partial charge >= 0.3 is 6.03 Å². The van der Waals surface area contributed by atoms with Crippen molar-refractivity contribution in [3.05, 3.63) is 58.1 Å². The molecule has 2 rings (SSSR count). The first-order valence-corrected chi connectivity index (χ1v) is 6.75. The fourth-order valence-electron chi connectivity index (χ4n) is 1.89. The summed E-state index contributed by atoms with van der Waals surface area (Å²) in [6.07, 6.45) is 0. The van der Waals surface area contributed by atoms with E-state index in [0.717, 1.165) is 27.0 Å². The smallest absolute Gasteiger partial charge is 0.308 e. The van der Waals surface area contributed by atoms with Gasteiger partial charge in [0, 0.05) is 10.2 Å². The minimum absolute atomic E-state index is 0.253. The molecule has 0 fully saturated rings. The van der Waals surface area contributed by atoms with E-state index in [1.807, 2.05) is 50.2 Å². The first-order valence-electron chi connectivity index (χ1n) is 5.95. The third kappa shape index (κ3) is 3.83. The van der Waals surface area contributed by atoms with E-state index in [4.69, 9.17) is 0 Å². The molecule has 0 atom stereocenters. The van der Waals surface area contributed by atoms with E-state index in [1.165, 1.54) is 0 Å². The first-order chi connectivity index (χ1) is 9.04. The van der Waals surface area contributed by atoms with Crippen LogP contribution >= 0.6 is 15.9 Å². The van der Waals surface area contributed by atoms with Crippen LogP contribution in [-0.4, -0.2) is 6.03 Å². The number of hydrogen-bond acceptors (Lipinski definition) is 1. The van der Waals surface area contributed by atoms with Crippen molar-refractivity contribution in [1.29, 1.82) is 0 Å². The second-order valence-electron chi connectivity index (χ2n) is 4.44. The summed E-state index contributed by atoms with van der Waals surface area (Å²) in [4.78, 5) is 11.9. The van der Waals surface area contributed by atoms with Crippen LogP contribution in [0, 0.1) is 13.8 Å². The Labute approximate surface area is 121 Å². The number of rotatable bonds is 2. The average Bonchev–Trinajstić information content (AvgIpc) is 2.30. The van der Waals surface area contributed by atoms with Crippen molar-refractivity contribution in [3.8, 4) is 0 Å². The summed E-state index contributed by atoms with van der Waals surface area (Å²) in [5.41, 5.74) is 3.78.